The summed E-state index contributed by atoms with van der Waals surface area (Å²) in [5.74, 6) is 0. The molecule has 0 radical (unpaired) electrons. The fourth-order valence-corrected chi connectivity index (χ4v) is 2.32. The van der Waals surface area contributed by atoms with E-state index in [1.807, 2.05) is 17.8 Å². The molecule has 19 heavy (non-hydrogen) atoms. The Hall–Kier alpha value is -1.61. The van der Waals surface area contributed by atoms with Crippen molar-refractivity contribution in [1.82, 2.24) is 9.78 Å². The number of aromatic nitrogens is 2. The molecule has 1 unspecified atom stereocenters. The molecule has 1 aromatic carbocycles. The average Bonchev–Trinajstić information content (AvgIpc) is 2.81. The molecule has 0 aliphatic carbocycles. The number of hydrogen-bond donors (Lipinski definition) is 1. The van der Waals surface area contributed by atoms with Gasteiger partial charge >= 0.3 is 0 Å². The Morgan fingerprint density at radius 3 is 2.58 bits per heavy atom. The van der Waals surface area contributed by atoms with Crippen LogP contribution in [0, 0.1) is 6.92 Å². The summed E-state index contributed by atoms with van der Waals surface area (Å²) in [6, 6.07) is 10.4. The molecule has 1 heterocycles. The Balaban J connectivity index is 1.77. The highest BCUT2D eigenvalue weighted by Crippen LogP contribution is 2.13. The fraction of sp³-hybridized carbons (Fsp3) is 0.438. The van der Waals surface area contributed by atoms with Crippen molar-refractivity contribution < 1.29 is 5.11 Å². The van der Waals surface area contributed by atoms with E-state index in [9.17, 15) is 5.11 Å². The molecule has 1 atom stereocenters. The van der Waals surface area contributed by atoms with Gasteiger partial charge in [0.15, 0.2) is 0 Å². The van der Waals surface area contributed by atoms with Crippen LogP contribution < -0.4 is 0 Å². The van der Waals surface area contributed by atoms with Crippen molar-refractivity contribution >= 4 is 0 Å². The minimum atomic E-state index is -0.241. The number of nitrogens with zero attached hydrogens (tertiary/aromatic N) is 2. The molecule has 2 rings (SSSR count). The second kappa shape index (κ2) is 6.53. The summed E-state index contributed by atoms with van der Waals surface area (Å²) >= 11 is 0. The SMILES string of the molecule is Cc1ccccc1CCC(O)CCc1ccnn1C. The third-order valence-electron chi connectivity index (χ3n) is 3.66. The van der Waals surface area contributed by atoms with Crippen LogP contribution in [0.5, 0.6) is 0 Å². The van der Waals surface area contributed by atoms with E-state index >= 15 is 0 Å². The van der Waals surface area contributed by atoms with Crippen molar-refractivity contribution in [3.63, 3.8) is 0 Å². The number of aliphatic hydroxyl groups excluding tert-OH is 1. The van der Waals surface area contributed by atoms with Crippen molar-refractivity contribution in [2.45, 2.75) is 38.7 Å². The Bertz CT molecular complexity index is 519. The first-order valence-electron chi connectivity index (χ1n) is 6.86. The predicted molar refractivity (Wildman–Crippen MR) is 77.0 cm³/mol. The lowest BCUT2D eigenvalue weighted by Crippen LogP contribution is -2.11. The highest BCUT2D eigenvalue weighted by molar-refractivity contribution is 5.25. The number of aliphatic hydroxyl groups is 1. The van der Waals surface area contributed by atoms with E-state index in [1.165, 1.54) is 16.8 Å². The van der Waals surface area contributed by atoms with Crippen LogP contribution in [0.4, 0.5) is 0 Å². The Kier molecular flexibility index (Phi) is 4.74. The van der Waals surface area contributed by atoms with Gasteiger partial charge in [-0.1, -0.05) is 24.3 Å². The second-order valence-electron chi connectivity index (χ2n) is 5.10. The highest BCUT2D eigenvalue weighted by Gasteiger charge is 2.07. The lowest BCUT2D eigenvalue weighted by molar-refractivity contribution is 0.154. The highest BCUT2D eigenvalue weighted by atomic mass is 16.3. The Morgan fingerprint density at radius 2 is 1.89 bits per heavy atom. The summed E-state index contributed by atoms with van der Waals surface area (Å²) in [5, 5.41) is 14.2. The first-order chi connectivity index (χ1) is 9.16. The van der Waals surface area contributed by atoms with Crippen LogP contribution in [0.3, 0.4) is 0 Å². The van der Waals surface area contributed by atoms with Crippen LogP contribution in [0.15, 0.2) is 36.5 Å². The number of hydrogen-bond acceptors (Lipinski definition) is 2. The van der Waals surface area contributed by atoms with Gasteiger partial charge in [-0.05, 0) is 49.8 Å². The largest absolute Gasteiger partial charge is 0.393 e. The monoisotopic (exact) mass is 258 g/mol. The third kappa shape index (κ3) is 3.93. The Labute approximate surface area is 114 Å². The van der Waals surface area contributed by atoms with Crippen LogP contribution in [0.1, 0.15) is 29.7 Å². The van der Waals surface area contributed by atoms with E-state index < -0.39 is 0 Å². The van der Waals surface area contributed by atoms with Crippen molar-refractivity contribution in [1.29, 1.82) is 0 Å². The zero-order valence-corrected chi connectivity index (χ0v) is 11.7. The maximum absolute atomic E-state index is 10.1. The smallest absolute Gasteiger partial charge is 0.0547 e. The van der Waals surface area contributed by atoms with Gasteiger partial charge in [-0.2, -0.15) is 5.10 Å². The summed E-state index contributed by atoms with van der Waals surface area (Å²) in [7, 11) is 1.94. The maximum atomic E-state index is 10.1. The molecule has 102 valence electrons. The predicted octanol–water partition coefficient (Wildman–Crippen LogP) is 2.65. The summed E-state index contributed by atoms with van der Waals surface area (Å²) in [5.41, 5.74) is 3.82. The minimum absolute atomic E-state index is 0.241. The van der Waals surface area contributed by atoms with Crippen LogP contribution >= 0.6 is 0 Å². The summed E-state index contributed by atoms with van der Waals surface area (Å²) in [6.07, 6.45) is 5.00. The molecular formula is C16H22N2O. The maximum Gasteiger partial charge on any atom is 0.0547 e. The van der Waals surface area contributed by atoms with Crippen LogP contribution in [0.25, 0.3) is 0 Å². The first kappa shape index (κ1) is 13.8. The lowest BCUT2D eigenvalue weighted by Gasteiger charge is -2.11. The van der Waals surface area contributed by atoms with Crippen LogP contribution in [-0.4, -0.2) is 21.0 Å². The molecule has 3 nitrogen and oxygen atoms in total. The molecule has 0 aliphatic rings. The molecule has 0 fully saturated rings. The van der Waals surface area contributed by atoms with Gasteiger partial charge in [0.25, 0.3) is 0 Å². The molecule has 0 spiro atoms. The molecule has 2 aromatic rings. The quantitative estimate of drug-likeness (QED) is 0.865. The van der Waals surface area contributed by atoms with Crippen molar-refractivity contribution in [2.75, 3.05) is 0 Å². The molecule has 1 aromatic heterocycles. The standard InChI is InChI=1S/C16H22N2O/c1-13-5-3-4-6-14(13)7-9-16(19)10-8-15-11-12-17-18(15)2/h3-6,11-12,16,19H,7-10H2,1-2H3. The van der Waals surface area contributed by atoms with Crippen molar-refractivity contribution in [2.24, 2.45) is 7.05 Å². The van der Waals surface area contributed by atoms with E-state index in [0.717, 1.165) is 25.7 Å². The van der Waals surface area contributed by atoms with Crippen molar-refractivity contribution in [3.05, 3.63) is 53.3 Å². The summed E-state index contributed by atoms with van der Waals surface area (Å²) < 4.78 is 1.87. The van der Waals surface area contributed by atoms with Gasteiger partial charge in [0.05, 0.1) is 6.10 Å². The fourth-order valence-electron chi connectivity index (χ4n) is 2.32. The lowest BCUT2D eigenvalue weighted by atomic mass is 10.00. The van der Waals surface area contributed by atoms with Crippen LogP contribution in [0.2, 0.25) is 0 Å². The third-order valence-corrected chi connectivity index (χ3v) is 3.66. The van der Waals surface area contributed by atoms with Gasteiger partial charge in [0.1, 0.15) is 0 Å². The molecule has 0 amide bonds. The number of rotatable bonds is 6. The minimum Gasteiger partial charge on any atom is -0.393 e. The zero-order chi connectivity index (χ0) is 13.7. The van der Waals surface area contributed by atoms with Gasteiger partial charge in [-0.3, -0.25) is 4.68 Å². The molecule has 0 aliphatic heterocycles. The number of aryl methyl sites for hydroxylation is 4. The zero-order valence-electron chi connectivity index (χ0n) is 11.7. The molecule has 0 bridgehead atoms. The van der Waals surface area contributed by atoms with E-state index in [0.29, 0.717) is 0 Å². The number of benzene rings is 1. The van der Waals surface area contributed by atoms with E-state index in [1.54, 1.807) is 6.20 Å². The van der Waals surface area contributed by atoms with Gasteiger partial charge < -0.3 is 5.11 Å². The molecule has 0 saturated carbocycles. The molecule has 3 heteroatoms. The molecule has 0 saturated heterocycles. The van der Waals surface area contributed by atoms with Gasteiger partial charge in [-0.15, -0.1) is 0 Å². The average molecular weight is 258 g/mol. The van der Waals surface area contributed by atoms with Gasteiger partial charge in [0.2, 0.25) is 0 Å². The second-order valence-corrected chi connectivity index (χ2v) is 5.10. The van der Waals surface area contributed by atoms with E-state index in [2.05, 4.69) is 36.3 Å². The Morgan fingerprint density at radius 1 is 1.16 bits per heavy atom. The molecule has 1 N–H and O–H groups in total. The van der Waals surface area contributed by atoms with Crippen molar-refractivity contribution in [3.8, 4) is 0 Å². The van der Waals surface area contributed by atoms with E-state index in [4.69, 9.17) is 0 Å². The van der Waals surface area contributed by atoms with Crippen LogP contribution in [-0.2, 0) is 19.9 Å². The van der Waals surface area contributed by atoms with Gasteiger partial charge in [-0.25, -0.2) is 0 Å². The summed E-state index contributed by atoms with van der Waals surface area (Å²) in [6.45, 7) is 2.12. The van der Waals surface area contributed by atoms with Gasteiger partial charge in [0, 0.05) is 18.9 Å². The van der Waals surface area contributed by atoms with E-state index in [-0.39, 0.29) is 6.10 Å². The summed E-state index contributed by atoms with van der Waals surface area (Å²) in [4.78, 5) is 0. The normalized spacial score (nSPS) is 12.6. The topological polar surface area (TPSA) is 38.1 Å². The first-order valence-corrected chi connectivity index (χ1v) is 6.86. The molecular weight excluding hydrogens is 236 g/mol.